The van der Waals surface area contributed by atoms with Gasteiger partial charge >= 0.3 is 11.9 Å². The van der Waals surface area contributed by atoms with E-state index in [1.165, 1.54) is 14.2 Å². The molecular formula is C27H26N2O4S. The average molecular weight is 475 g/mol. The minimum absolute atomic E-state index is 0.354. The van der Waals surface area contributed by atoms with Gasteiger partial charge in [0.2, 0.25) is 0 Å². The van der Waals surface area contributed by atoms with Crippen molar-refractivity contribution >= 4 is 29.0 Å². The summed E-state index contributed by atoms with van der Waals surface area (Å²) in [5.41, 5.74) is 5.11. The van der Waals surface area contributed by atoms with Crippen molar-refractivity contribution in [2.75, 3.05) is 14.2 Å². The highest BCUT2D eigenvalue weighted by atomic mass is 32.1. The monoisotopic (exact) mass is 474 g/mol. The molecule has 0 radical (unpaired) electrons. The molecule has 0 saturated carbocycles. The van der Waals surface area contributed by atoms with Gasteiger partial charge in [0.15, 0.2) is 0 Å². The van der Waals surface area contributed by atoms with E-state index in [9.17, 15) is 9.59 Å². The van der Waals surface area contributed by atoms with E-state index in [1.54, 1.807) is 25.2 Å². The Bertz CT molecular complexity index is 1310. The number of ether oxygens (including phenoxy) is 2. The van der Waals surface area contributed by atoms with E-state index in [0.29, 0.717) is 17.0 Å². The lowest BCUT2D eigenvalue weighted by Crippen LogP contribution is -2.36. The van der Waals surface area contributed by atoms with Crippen LogP contribution in [-0.2, 0) is 19.1 Å². The normalized spacial score (nSPS) is 17.9. The Labute approximate surface area is 203 Å². The first-order chi connectivity index (χ1) is 16.4. The Morgan fingerprint density at radius 2 is 1.59 bits per heavy atom. The molecule has 0 bridgehead atoms. The van der Waals surface area contributed by atoms with E-state index in [-0.39, 0.29) is 0 Å². The number of rotatable bonds is 5. The molecule has 1 aliphatic heterocycles. The van der Waals surface area contributed by atoms with Crippen LogP contribution in [0.15, 0.2) is 70.9 Å². The summed E-state index contributed by atoms with van der Waals surface area (Å²) in [6.45, 7) is 5.60. The second kappa shape index (κ2) is 9.73. The predicted octanol–water partition coefficient (Wildman–Crippen LogP) is 5.58. The van der Waals surface area contributed by atoms with E-state index in [0.717, 1.165) is 32.3 Å². The zero-order valence-electron chi connectivity index (χ0n) is 19.8. The number of aliphatic imine (C=N–C) groups is 1. The number of esters is 2. The summed E-state index contributed by atoms with van der Waals surface area (Å²) >= 11 is 1.58. The van der Waals surface area contributed by atoms with Crippen LogP contribution < -0.4 is 0 Å². The molecule has 0 N–H and O–H groups in total. The molecule has 1 aromatic heterocycles. The number of thiazole rings is 1. The quantitative estimate of drug-likeness (QED) is 0.451. The third-order valence-corrected chi connectivity index (χ3v) is 7.06. The molecule has 34 heavy (non-hydrogen) atoms. The Balaban J connectivity index is 1.92. The number of aryl methyl sites for hydroxylation is 1. The number of hydrogen-bond donors (Lipinski definition) is 0. The van der Waals surface area contributed by atoms with E-state index < -0.39 is 23.8 Å². The molecule has 2 heterocycles. The molecule has 4 rings (SSSR count). The van der Waals surface area contributed by atoms with Gasteiger partial charge in [-0.05, 0) is 26.3 Å². The number of methoxy groups -OCH3 is 2. The number of hydrogen-bond acceptors (Lipinski definition) is 7. The first-order valence-electron chi connectivity index (χ1n) is 10.9. The van der Waals surface area contributed by atoms with Crippen LogP contribution in [0.25, 0.3) is 21.8 Å². The van der Waals surface area contributed by atoms with E-state index >= 15 is 0 Å². The van der Waals surface area contributed by atoms with Gasteiger partial charge in [0.25, 0.3) is 0 Å². The summed E-state index contributed by atoms with van der Waals surface area (Å²) in [5, 5.41) is 0.817. The van der Waals surface area contributed by atoms with Crippen LogP contribution in [0.1, 0.15) is 30.2 Å². The van der Waals surface area contributed by atoms with Crippen LogP contribution in [0.4, 0.5) is 0 Å². The standard InChI is InChI=1S/C27H26N2O4S/c1-15-21(26(30)32-4)23(22(16(2)28-15)27(31)33-5)19-13-9-10-14-20(19)25-29-24(17(3)34-25)18-11-7-6-8-12-18/h6-14,21,23H,1-5H3. The molecule has 3 aromatic rings. The molecular weight excluding hydrogens is 448 g/mol. The molecule has 0 amide bonds. The number of carbonyl (C=O) groups is 2. The van der Waals surface area contributed by atoms with Crippen molar-refractivity contribution in [1.29, 1.82) is 0 Å². The van der Waals surface area contributed by atoms with Gasteiger partial charge in [-0.15, -0.1) is 11.3 Å². The largest absolute Gasteiger partial charge is 0.468 e. The average Bonchev–Trinajstić information content (AvgIpc) is 3.24. The zero-order chi connectivity index (χ0) is 24.4. The molecule has 0 aliphatic carbocycles. The van der Waals surface area contributed by atoms with Crippen LogP contribution in [0, 0.1) is 12.8 Å². The highest BCUT2D eigenvalue weighted by Crippen LogP contribution is 2.45. The molecule has 1 aliphatic rings. The molecule has 0 saturated heterocycles. The van der Waals surface area contributed by atoms with Crippen molar-refractivity contribution in [1.82, 2.24) is 4.98 Å². The lowest BCUT2D eigenvalue weighted by atomic mass is 9.74. The summed E-state index contributed by atoms with van der Waals surface area (Å²) in [7, 11) is 2.68. The van der Waals surface area contributed by atoms with Gasteiger partial charge < -0.3 is 9.47 Å². The molecule has 2 atom stereocenters. The van der Waals surface area contributed by atoms with Gasteiger partial charge in [0, 0.05) is 33.3 Å². The molecule has 6 nitrogen and oxygen atoms in total. The number of carbonyl (C=O) groups excluding carboxylic acids is 2. The molecule has 2 unspecified atom stereocenters. The first kappa shape index (κ1) is 23.6. The minimum atomic E-state index is -0.751. The second-order valence-corrected chi connectivity index (χ2v) is 9.30. The van der Waals surface area contributed by atoms with E-state index in [2.05, 4.69) is 4.99 Å². The van der Waals surface area contributed by atoms with Crippen molar-refractivity contribution < 1.29 is 19.1 Å². The fourth-order valence-corrected chi connectivity index (χ4v) is 5.50. The van der Waals surface area contributed by atoms with Gasteiger partial charge in [-0.2, -0.15) is 0 Å². The number of nitrogens with zero attached hydrogens (tertiary/aromatic N) is 2. The topological polar surface area (TPSA) is 77.8 Å². The lowest BCUT2D eigenvalue weighted by molar-refractivity contribution is -0.143. The fraction of sp³-hybridized carbons (Fsp3) is 0.259. The van der Waals surface area contributed by atoms with E-state index in [1.807, 2.05) is 61.5 Å². The number of benzene rings is 2. The maximum Gasteiger partial charge on any atom is 0.336 e. The van der Waals surface area contributed by atoms with Crippen LogP contribution in [0.5, 0.6) is 0 Å². The molecule has 2 aromatic carbocycles. The summed E-state index contributed by atoms with van der Waals surface area (Å²) in [6, 6.07) is 17.8. The van der Waals surface area contributed by atoms with Crippen LogP contribution in [-0.4, -0.2) is 36.9 Å². The van der Waals surface area contributed by atoms with Gasteiger partial charge in [0.05, 0.1) is 25.5 Å². The maximum atomic E-state index is 12.9. The summed E-state index contributed by atoms with van der Waals surface area (Å²) < 4.78 is 10.2. The summed E-state index contributed by atoms with van der Waals surface area (Å²) in [6.07, 6.45) is 0. The lowest BCUT2D eigenvalue weighted by Gasteiger charge is -2.32. The van der Waals surface area contributed by atoms with Crippen LogP contribution in [0.3, 0.4) is 0 Å². The Hall–Kier alpha value is -3.58. The Morgan fingerprint density at radius 1 is 0.912 bits per heavy atom. The van der Waals surface area contributed by atoms with Crippen LogP contribution >= 0.6 is 11.3 Å². The van der Waals surface area contributed by atoms with Crippen molar-refractivity contribution in [2.24, 2.45) is 10.9 Å². The fourth-order valence-electron chi connectivity index (χ4n) is 4.52. The summed E-state index contributed by atoms with van der Waals surface area (Å²) in [5.74, 6) is -2.32. The number of allylic oxidation sites excluding steroid dienone is 1. The predicted molar refractivity (Wildman–Crippen MR) is 134 cm³/mol. The minimum Gasteiger partial charge on any atom is -0.468 e. The van der Waals surface area contributed by atoms with Crippen molar-refractivity contribution in [3.8, 4) is 21.8 Å². The maximum absolute atomic E-state index is 12.9. The van der Waals surface area contributed by atoms with Crippen LogP contribution in [0.2, 0.25) is 0 Å². The Kier molecular flexibility index (Phi) is 6.75. The smallest absolute Gasteiger partial charge is 0.336 e. The molecule has 174 valence electrons. The van der Waals surface area contributed by atoms with Crippen molar-refractivity contribution in [2.45, 2.75) is 26.7 Å². The number of aromatic nitrogens is 1. The molecule has 0 spiro atoms. The van der Waals surface area contributed by atoms with Crippen molar-refractivity contribution in [3.05, 3.63) is 76.3 Å². The van der Waals surface area contributed by atoms with Gasteiger partial charge in [-0.25, -0.2) is 9.78 Å². The molecule has 0 fully saturated rings. The third-order valence-electron chi connectivity index (χ3n) is 6.06. The third kappa shape index (κ3) is 4.19. The Morgan fingerprint density at radius 3 is 2.26 bits per heavy atom. The highest BCUT2D eigenvalue weighted by molar-refractivity contribution is 7.15. The van der Waals surface area contributed by atoms with E-state index in [4.69, 9.17) is 14.5 Å². The highest BCUT2D eigenvalue weighted by Gasteiger charge is 2.43. The first-order valence-corrected chi connectivity index (χ1v) is 11.7. The molecule has 7 heteroatoms. The SMILES string of the molecule is COC(=O)C1=C(C)N=C(C)C(C(=O)OC)C1c1ccccc1-c1nc(-c2ccccc2)c(C)s1. The summed E-state index contributed by atoms with van der Waals surface area (Å²) in [4.78, 5) is 36.4. The van der Waals surface area contributed by atoms with Gasteiger partial charge in [-0.1, -0.05) is 54.6 Å². The van der Waals surface area contributed by atoms with Gasteiger partial charge in [-0.3, -0.25) is 9.79 Å². The second-order valence-electron chi connectivity index (χ2n) is 8.10. The van der Waals surface area contributed by atoms with Crippen molar-refractivity contribution in [3.63, 3.8) is 0 Å². The zero-order valence-corrected chi connectivity index (χ0v) is 20.6. The van der Waals surface area contributed by atoms with Gasteiger partial charge in [0.1, 0.15) is 10.9 Å².